The average molecular weight is 602 g/mol. The molecule has 43 heavy (non-hydrogen) atoms. The third-order valence-electron chi connectivity index (χ3n) is 6.93. The summed E-state index contributed by atoms with van der Waals surface area (Å²) in [7, 11) is -4.19. The molecule has 224 valence electrons. The largest absolute Gasteiger partial charge is 0.352 e. The molecule has 0 aliphatic heterocycles. The molecular weight excluding hydrogens is 565 g/mol. The molecule has 0 aliphatic rings. The smallest absolute Gasteiger partial charge is 0.264 e. The van der Waals surface area contributed by atoms with Gasteiger partial charge in [-0.2, -0.15) is 0 Å². The third kappa shape index (κ3) is 8.08. The highest BCUT2D eigenvalue weighted by molar-refractivity contribution is 7.92. The highest BCUT2D eigenvalue weighted by Gasteiger charge is 2.35. The van der Waals surface area contributed by atoms with Crippen LogP contribution in [-0.4, -0.2) is 43.8 Å². The number of halogens is 1. The summed E-state index contributed by atoms with van der Waals surface area (Å²) >= 11 is 0. The lowest BCUT2D eigenvalue weighted by molar-refractivity contribution is -0.140. The fraction of sp³-hybridized carbons (Fsp3) is 0.235. The molecule has 0 saturated heterocycles. The molecular formula is C34H36FN3O4S. The Labute approximate surface area is 253 Å². The maximum atomic E-state index is 14.9. The first kappa shape index (κ1) is 31.4. The normalized spacial score (nSPS) is 12.0. The number of benzene rings is 4. The molecule has 4 rings (SSSR count). The van der Waals surface area contributed by atoms with E-state index in [4.69, 9.17) is 0 Å². The van der Waals surface area contributed by atoms with Crippen LogP contribution in [-0.2, 0) is 32.6 Å². The molecule has 0 fully saturated rings. The molecule has 0 heterocycles. The first-order valence-corrected chi connectivity index (χ1v) is 15.5. The highest BCUT2D eigenvalue weighted by Crippen LogP contribution is 2.25. The molecule has 9 heteroatoms. The maximum Gasteiger partial charge on any atom is 0.264 e. The van der Waals surface area contributed by atoms with Crippen molar-refractivity contribution in [2.45, 2.75) is 50.7 Å². The van der Waals surface area contributed by atoms with Crippen LogP contribution in [0.1, 0.15) is 30.5 Å². The summed E-state index contributed by atoms with van der Waals surface area (Å²) in [6.07, 6.45) is 0.148. The first-order chi connectivity index (χ1) is 20.6. The van der Waals surface area contributed by atoms with E-state index in [1.165, 1.54) is 23.1 Å². The molecule has 0 saturated carbocycles. The van der Waals surface area contributed by atoms with E-state index >= 15 is 0 Å². The number of rotatable bonds is 12. The number of carbonyl (C=O) groups is 2. The van der Waals surface area contributed by atoms with Crippen LogP contribution >= 0.6 is 0 Å². The summed E-state index contributed by atoms with van der Waals surface area (Å²) in [5.74, 6) is -1.60. The zero-order valence-corrected chi connectivity index (χ0v) is 25.3. The number of aryl methyl sites for hydroxylation is 1. The lowest BCUT2D eigenvalue weighted by Gasteiger charge is -2.34. The van der Waals surface area contributed by atoms with E-state index in [0.29, 0.717) is 0 Å². The number of sulfonamides is 1. The van der Waals surface area contributed by atoms with Gasteiger partial charge in [0.1, 0.15) is 18.4 Å². The molecule has 1 N–H and O–H groups in total. The average Bonchev–Trinajstić information content (AvgIpc) is 2.99. The molecule has 0 aliphatic carbocycles. The van der Waals surface area contributed by atoms with Crippen molar-refractivity contribution in [1.82, 2.24) is 10.2 Å². The van der Waals surface area contributed by atoms with E-state index in [2.05, 4.69) is 5.32 Å². The van der Waals surface area contributed by atoms with Crippen LogP contribution in [0.25, 0.3) is 0 Å². The number of nitrogens with one attached hydrogen (secondary N) is 1. The van der Waals surface area contributed by atoms with Gasteiger partial charge >= 0.3 is 0 Å². The second kappa shape index (κ2) is 14.1. The van der Waals surface area contributed by atoms with Gasteiger partial charge in [-0.05, 0) is 56.7 Å². The number of carbonyl (C=O) groups excluding carboxylic acids is 2. The second-order valence-electron chi connectivity index (χ2n) is 10.6. The van der Waals surface area contributed by atoms with Gasteiger partial charge in [0.2, 0.25) is 11.8 Å². The summed E-state index contributed by atoms with van der Waals surface area (Å²) in [4.78, 5) is 29.3. The number of hydrogen-bond acceptors (Lipinski definition) is 4. The van der Waals surface area contributed by atoms with Crippen molar-refractivity contribution in [1.29, 1.82) is 0 Å². The van der Waals surface area contributed by atoms with Gasteiger partial charge in [-0.1, -0.05) is 84.4 Å². The minimum absolute atomic E-state index is 0.0220. The summed E-state index contributed by atoms with van der Waals surface area (Å²) < 4.78 is 43.9. The Morgan fingerprint density at radius 3 is 2.00 bits per heavy atom. The Bertz CT molecular complexity index is 1630. The monoisotopic (exact) mass is 601 g/mol. The van der Waals surface area contributed by atoms with Crippen molar-refractivity contribution in [2.75, 3.05) is 10.8 Å². The minimum Gasteiger partial charge on any atom is -0.352 e. The van der Waals surface area contributed by atoms with Gasteiger partial charge in [0.05, 0.1) is 10.6 Å². The van der Waals surface area contributed by atoms with Gasteiger partial charge in [0.15, 0.2) is 0 Å². The number of nitrogens with zero attached hydrogens (tertiary/aromatic N) is 2. The van der Waals surface area contributed by atoms with Gasteiger partial charge in [0, 0.05) is 24.6 Å². The van der Waals surface area contributed by atoms with Crippen molar-refractivity contribution in [3.05, 3.63) is 132 Å². The fourth-order valence-corrected chi connectivity index (χ4v) is 6.12. The number of hydrogen-bond donors (Lipinski definition) is 1. The van der Waals surface area contributed by atoms with Crippen LogP contribution in [0.15, 0.2) is 114 Å². The zero-order valence-electron chi connectivity index (χ0n) is 24.5. The Balaban J connectivity index is 1.79. The lowest BCUT2D eigenvalue weighted by atomic mass is 10.0. The quantitative estimate of drug-likeness (QED) is 0.233. The van der Waals surface area contributed by atoms with Crippen LogP contribution in [0.3, 0.4) is 0 Å². The third-order valence-corrected chi connectivity index (χ3v) is 8.72. The number of para-hydroxylation sites is 1. The summed E-state index contributed by atoms with van der Waals surface area (Å²) in [5, 5.41) is 2.89. The standard InChI is InChI=1S/C34H36FN3O4S/c1-25(2)36-34(40)32(22-27-12-6-4-7-13-27)37(23-28-14-10-11-17-31(28)35)33(39)24-38(29-15-8-5-9-16-29)43(41,42)30-20-18-26(3)19-21-30/h4-21,25,32H,22-24H2,1-3H3,(H,36,40)/t32-/m0/s1. The first-order valence-electron chi connectivity index (χ1n) is 14.1. The van der Waals surface area contributed by atoms with E-state index < -0.39 is 40.2 Å². The van der Waals surface area contributed by atoms with E-state index in [-0.39, 0.29) is 35.2 Å². The summed E-state index contributed by atoms with van der Waals surface area (Å²) in [6, 6.07) is 28.7. The molecule has 1 atom stereocenters. The summed E-state index contributed by atoms with van der Waals surface area (Å²) in [6.45, 7) is 4.64. The zero-order chi connectivity index (χ0) is 31.0. The van der Waals surface area contributed by atoms with Gasteiger partial charge < -0.3 is 10.2 Å². The maximum absolute atomic E-state index is 14.9. The molecule has 0 spiro atoms. The van der Waals surface area contributed by atoms with Gasteiger partial charge in [-0.25, -0.2) is 12.8 Å². The fourth-order valence-electron chi connectivity index (χ4n) is 4.71. The minimum atomic E-state index is -4.19. The van der Waals surface area contributed by atoms with Crippen LogP contribution in [0.5, 0.6) is 0 Å². The Morgan fingerprint density at radius 1 is 0.814 bits per heavy atom. The molecule has 0 radical (unpaired) electrons. The van der Waals surface area contributed by atoms with Crippen molar-refractivity contribution in [3.8, 4) is 0 Å². The lowest BCUT2D eigenvalue weighted by Crippen LogP contribution is -2.54. The van der Waals surface area contributed by atoms with Gasteiger partial charge in [0.25, 0.3) is 10.0 Å². The topological polar surface area (TPSA) is 86.8 Å². The van der Waals surface area contributed by atoms with Crippen molar-refractivity contribution < 1.29 is 22.4 Å². The predicted molar refractivity (Wildman–Crippen MR) is 166 cm³/mol. The molecule has 0 aromatic heterocycles. The van der Waals surface area contributed by atoms with E-state index in [1.807, 2.05) is 51.1 Å². The predicted octanol–water partition coefficient (Wildman–Crippen LogP) is 5.49. The molecule has 7 nitrogen and oxygen atoms in total. The number of anilines is 1. The van der Waals surface area contributed by atoms with E-state index in [9.17, 15) is 22.4 Å². The molecule has 4 aromatic carbocycles. The van der Waals surface area contributed by atoms with Crippen molar-refractivity contribution >= 4 is 27.5 Å². The van der Waals surface area contributed by atoms with Crippen LogP contribution in [0.2, 0.25) is 0 Å². The van der Waals surface area contributed by atoms with E-state index in [1.54, 1.807) is 60.7 Å². The Hall–Kier alpha value is -4.50. The molecule has 4 aromatic rings. The summed E-state index contributed by atoms with van der Waals surface area (Å²) in [5.41, 5.74) is 2.18. The molecule has 0 unspecified atom stereocenters. The highest BCUT2D eigenvalue weighted by atomic mass is 32.2. The SMILES string of the molecule is Cc1ccc(S(=O)(=O)N(CC(=O)N(Cc2ccccc2F)[C@@H](Cc2ccccc2)C(=O)NC(C)C)c2ccccc2)cc1. The van der Waals surface area contributed by atoms with Crippen LogP contribution in [0.4, 0.5) is 10.1 Å². The van der Waals surface area contributed by atoms with E-state index in [0.717, 1.165) is 15.4 Å². The van der Waals surface area contributed by atoms with Gasteiger partial charge in [-0.15, -0.1) is 0 Å². The second-order valence-corrected chi connectivity index (χ2v) is 12.5. The number of amides is 2. The Morgan fingerprint density at radius 2 is 1.40 bits per heavy atom. The van der Waals surface area contributed by atoms with Crippen molar-refractivity contribution in [2.24, 2.45) is 0 Å². The molecule has 0 bridgehead atoms. The van der Waals surface area contributed by atoms with Crippen molar-refractivity contribution in [3.63, 3.8) is 0 Å². The van der Waals surface area contributed by atoms with Gasteiger partial charge in [-0.3, -0.25) is 13.9 Å². The molecule has 2 amide bonds. The van der Waals surface area contributed by atoms with Crippen LogP contribution in [0, 0.1) is 12.7 Å². The Kier molecular flexibility index (Phi) is 10.3. The van der Waals surface area contributed by atoms with Crippen LogP contribution < -0.4 is 9.62 Å².